The molecule has 0 radical (unpaired) electrons. The van der Waals surface area contributed by atoms with E-state index in [2.05, 4.69) is 48.9 Å². The van der Waals surface area contributed by atoms with Crippen molar-refractivity contribution >= 4 is 27.1 Å². The molecule has 0 unspecified atom stereocenters. The monoisotopic (exact) mass is 371 g/mol. The summed E-state index contributed by atoms with van der Waals surface area (Å²) in [6.45, 7) is 10.4. The van der Waals surface area contributed by atoms with Crippen LogP contribution in [0.2, 0.25) is 0 Å². The van der Waals surface area contributed by atoms with Gasteiger partial charge in [-0.1, -0.05) is 32.1 Å². The van der Waals surface area contributed by atoms with Crippen molar-refractivity contribution in [1.29, 1.82) is 0 Å². The van der Waals surface area contributed by atoms with Gasteiger partial charge < -0.3 is 14.5 Å². The van der Waals surface area contributed by atoms with Crippen LogP contribution in [0.5, 0.6) is 5.75 Å². The van der Waals surface area contributed by atoms with Crippen LogP contribution in [0.4, 0.5) is 10.8 Å². The van der Waals surface area contributed by atoms with Gasteiger partial charge in [0.15, 0.2) is 0 Å². The Kier molecular flexibility index (Phi) is 4.26. The van der Waals surface area contributed by atoms with E-state index in [1.165, 1.54) is 5.69 Å². The van der Waals surface area contributed by atoms with Crippen LogP contribution in [0.25, 0.3) is 4.96 Å². The van der Waals surface area contributed by atoms with Crippen molar-refractivity contribution in [1.82, 2.24) is 14.6 Å². The first-order valence-electron chi connectivity index (χ1n) is 8.95. The molecule has 7 heteroatoms. The van der Waals surface area contributed by atoms with Gasteiger partial charge in [0, 0.05) is 37.3 Å². The zero-order valence-electron chi connectivity index (χ0n) is 15.8. The van der Waals surface area contributed by atoms with E-state index in [9.17, 15) is 0 Å². The topological polar surface area (TPSA) is 45.9 Å². The highest BCUT2D eigenvalue weighted by Crippen LogP contribution is 2.29. The summed E-state index contributed by atoms with van der Waals surface area (Å²) in [5, 5.41) is 5.81. The van der Waals surface area contributed by atoms with Crippen LogP contribution in [0.3, 0.4) is 0 Å². The van der Waals surface area contributed by atoms with Crippen LogP contribution < -0.4 is 14.5 Å². The van der Waals surface area contributed by atoms with E-state index in [4.69, 9.17) is 14.8 Å². The predicted octanol–water partition coefficient (Wildman–Crippen LogP) is 3.42. The molecule has 4 rings (SSSR count). The molecule has 1 saturated heterocycles. The Morgan fingerprint density at radius 2 is 1.65 bits per heavy atom. The predicted molar refractivity (Wildman–Crippen MR) is 107 cm³/mol. The number of piperazine rings is 1. The Morgan fingerprint density at radius 1 is 1.00 bits per heavy atom. The van der Waals surface area contributed by atoms with E-state index in [0.29, 0.717) is 0 Å². The Labute approximate surface area is 158 Å². The lowest BCUT2D eigenvalue weighted by Gasteiger charge is -2.35. The Balaban J connectivity index is 1.44. The van der Waals surface area contributed by atoms with Crippen LogP contribution in [-0.4, -0.2) is 47.9 Å². The quantitative estimate of drug-likeness (QED) is 0.706. The molecule has 138 valence electrons. The molecule has 26 heavy (non-hydrogen) atoms. The first-order valence-corrected chi connectivity index (χ1v) is 9.76. The van der Waals surface area contributed by atoms with Crippen LogP contribution >= 0.6 is 11.3 Å². The number of imidazole rings is 1. The minimum absolute atomic E-state index is 0.0531. The molecule has 3 heterocycles. The molecular weight excluding hydrogens is 346 g/mol. The largest absolute Gasteiger partial charge is 0.497 e. The molecule has 0 N–H and O–H groups in total. The Morgan fingerprint density at radius 3 is 2.23 bits per heavy atom. The molecule has 1 aliphatic rings. The Bertz CT molecular complexity index is 853. The number of benzene rings is 1. The number of methoxy groups -OCH3 is 1. The first-order chi connectivity index (χ1) is 12.4. The smallest absolute Gasteiger partial charge is 0.214 e. The molecule has 1 aliphatic heterocycles. The molecule has 0 spiro atoms. The van der Waals surface area contributed by atoms with Crippen molar-refractivity contribution in [3.63, 3.8) is 0 Å². The van der Waals surface area contributed by atoms with Gasteiger partial charge in [-0.3, -0.25) is 0 Å². The van der Waals surface area contributed by atoms with Crippen LogP contribution in [0.15, 0.2) is 30.5 Å². The second-order valence-electron chi connectivity index (χ2n) is 7.66. The van der Waals surface area contributed by atoms with Crippen molar-refractivity contribution in [3.05, 3.63) is 36.2 Å². The van der Waals surface area contributed by atoms with Gasteiger partial charge in [-0.2, -0.15) is 0 Å². The highest BCUT2D eigenvalue weighted by atomic mass is 32.1. The fraction of sp³-hybridized carbons (Fsp3) is 0.474. The summed E-state index contributed by atoms with van der Waals surface area (Å²) in [5.41, 5.74) is 2.39. The second-order valence-corrected chi connectivity index (χ2v) is 8.59. The normalized spacial score (nSPS) is 15.7. The maximum Gasteiger partial charge on any atom is 0.214 e. The number of aromatic nitrogens is 3. The lowest BCUT2D eigenvalue weighted by atomic mass is 9.93. The fourth-order valence-corrected chi connectivity index (χ4v) is 4.06. The molecule has 0 aliphatic carbocycles. The minimum atomic E-state index is 0.0531. The highest BCUT2D eigenvalue weighted by Gasteiger charge is 2.23. The van der Waals surface area contributed by atoms with E-state index in [1.54, 1.807) is 18.4 Å². The summed E-state index contributed by atoms with van der Waals surface area (Å²) in [7, 11) is 1.70. The average molecular weight is 372 g/mol. The van der Waals surface area contributed by atoms with Crippen molar-refractivity contribution in [3.8, 4) is 5.75 Å². The average Bonchev–Trinajstić information content (AvgIpc) is 3.21. The van der Waals surface area contributed by atoms with Gasteiger partial charge in [0.05, 0.1) is 19.0 Å². The lowest BCUT2D eigenvalue weighted by molar-refractivity contribution is 0.415. The summed E-state index contributed by atoms with van der Waals surface area (Å²) >= 11 is 1.67. The number of ether oxygens (including phenoxy) is 1. The van der Waals surface area contributed by atoms with Crippen LogP contribution in [-0.2, 0) is 5.41 Å². The second kappa shape index (κ2) is 6.46. The van der Waals surface area contributed by atoms with E-state index in [0.717, 1.165) is 47.7 Å². The number of nitrogens with zero attached hydrogens (tertiary/aromatic N) is 5. The molecular formula is C19H25N5OS. The van der Waals surface area contributed by atoms with Gasteiger partial charge in [-0.25, -0.2) is 9.50 Å². The maximum absolute atomic E-state index is 5.24. The van der Waals surface area contributed by atoms with Gasteiger partial charge in [-0.05, 0) is 24.3 Å². The van der Waals surface area contributed by atoms with E-state index in [-0.39, 0.29) is 5.41 Å². The minimum Gasteiger partial charge on any atom is -0.497 e. The number of fused-ring (bicyclic) bond motifs is 1. The standard InChI is InChI=1S/C19H25N5OS/c1-19(2,3)16-13-24-17(20-16)26-18(21-24)23-11-9-22(10-12-23)14-5-7-15(25-4)8-6-14/h5-8,13H,9-12H2,1-4H3. The van der Waals surface area contributed by atoms with Gasteiger partial charge in [-0.15, -0.1) is 5.10 Å². The van der Waals surface area contributed by atoms with Gasteiger partial charge in [0.2, 0.25) is 10.1 Å². The molecule has 2 aromatic heterocycles. The van der Waals surface area contributed by atoms with Crippen molar-refractivity contribution in [2.24, 2.45) is 0 Å². The third-order valence-electron chi connectivity index (χ3n) is 4.79. The molecule has 0 atom stereocenters. The number of hydrogen-bond acceptors (Lipinski definition) is 6. The summed E-state index contributed by atoms with van der Waals surface area (Å²) < 4.78 is 7.17. The van der Waals surface area contributed by atoms with Crippen molar-refractivity contribution in [2.75, 3.05) is 43.1 Å². The number of hydrogen-bond donors (Lipinski definition) is 0. The lowest BCUT2D eigenvalue weighted by Crippen LogP contribution is -2.46. The van der Waals surface area contributed by atoms with E-state index >= 15 is 0 Å². The summed E-state index contributed by atoms with van der Waals surface area (Å²) in [4.78, 5) is 10.5. The van der Waals surface area contributed by atoms with Crippen LogP contribution in [0, 0.1) is 0 Å². The molecule has 1 fully saturated rings. The molecule has 3 aromatic rings. The third kappa shape index (κ3) is 3.23. The summed E-state index contributed by atoms with van der Waals surface area (Å²) in [6, 6.07) is 8.29. The summed E-state index contributed by atoms with van der Waals surface area (Å²) in [6.07, 6.45) is 2.06. The fourth-order valence-electron chi connectivity index (χ4n) is 3.13. The SMILES string of the molecule is COc1ccc(N2CCN(c3nn4cc(C(C)(C)C)nc4s3)CC2)cc1. The molecule has 0 amide bonds. The van der Waals surface area contributed by atoms with Crippen molar-refractivity contribution < 1.29 is 4.74 Å². The zero-order chi connectivity index (χ0) is 18.3. The molecule has 6 nitrogen and oxygen atoms in total. The van der Waals surface area contributed by atoms with Crippen LogP contribution in [0.1, 0.15) is 26.5 Å². The van der Waals surface area contributed by atoms with E-state index < -0.39 is 0 Å². The number of rotatable bonds is 3. The number of anilines is 2. The highest BCUT2D eigenvalue weighted by molar-refractivity contribution is 7.20. The van der Waals surface area contributed by atoms with E-state index in [1.807, 2.05) is 16.6 Å². The third-order valence-corrected chi connectivity index (χ3v) is 5.77. The zero-order valence-corrected chi connectivity index (χ0v) is 16.6. The molecule has 0 bridgehead atoms. The van der Waals surface area contributed by atoms with Crippen molar-refractivity contribution in [2.45, 2.75) is 26.2 Å². The summed E-state index contributed by atoms with van der Waals surface area (Å²) in [5.74, 6) is 0.896. The first kappa shape index (κ1) is 17.1. The van der Waals surface area contributed by atoms with Gasteiger partial charge in [0.25, 0.3) is 0 Å². The molecule has 1 aromatic carbocycles. The maximum atomic E-state index is 5.24. The van der Waals surface area contributed by atoms with Gasteiger partial charge >= 0.3 is 0 Å². The molecule has 0 saturated carbocycles. The van der Waals surface area contributed by atoms with Gasteiger partial charge in [0.1, 0.15) is 5.75 Å². The Hall–Kier alpha value is -2.28.